The van der Waals surface area contributed by atoms with E-state index in [9.17, 15) is 9.59 Å². The summed E-state index contributed by atoms with van der Waals surface area (Å²) in [5.41, 5.74) is 10.3. The summed E-state index contributed by atoms with van der Waals surface area (Å²) < 4.78 is 10.7. The van der Waals surface area contributed by atoms with Gasteiger partial charge in [-0.2, -0.15) is 0 Å². The van der Waals surface area contributed by atoms with Crippen LogP contribution >= 0.6 is 0 Å². The van der Waals surface area contributed by atoms with Crippen molar-refractivity contribution in [3.05, 3.63) is 58.7 Å². The minimum atomic E-state index is 0.141. The van der Waals surface area contributed by atoms with Crippen LogP contribution in [0.5, 0.6) is 5.75 Å². The van der Waals surface area contributed by atoms with Crippen LogP contribution in [0.4, 0.5) is 5.69 Å². The van der Waals surface area contributed by atoms with Crippen molar-refractivity contribution in [3.63, 3.8) is 0 Å². The standard InChI is InChI=1S/C28H42N4O3.C8H11NO.C2H3NO2/c1-3-8-23(2)32-21-27-24(10-6-11-26(27)28(32)34)9-4-5-14-29-15-20-35-19-7-16-31-17-12-25(13-18-31)30-22-33;1-6-3-4-7(9)8(5-6)10-2;4-1-3-2-5/h6,10-11,22-23,25,29H,3,5,7-8,12-21H2,1-2H3,(H,30,33);3-5H,9H2,1-2H3;1-2H,(H,3,4,5). The second-order valence-corrected chi connectivity index (χ2v) is 12.2. The van der Waals surface area contributed by atoms with E-state index in [0.29, 0.717) is 37.7 Å². The minimum absolute atomic E-state index is 0.141. The highest BCUT2D eigenvalue weighted by atomic mass is 16.5. The van der Waals surface area contributed by atoms with Gasteiger partial charge < -0.3 is 41.0 Å². The number of hydrogen-bond acceptors (Lipinski definition) is 9. The summed E-state index contributed by atoms with van der Waals surface area (Å²) in [5.74, 6) is 7.44. The average molecular weight is 693 g/mol. The molecule has 12 nitrogen and oxygen atoms in total. The summed E-state index contributed by atoms with van der Waals surface area (Å²) in [5, 5.41) is 8.02. The number of fused-ring (bicyclic) bond motifs is 1. The number of nitrogens with zero attached hydrogens (tertiary/aromatic N) is 2. The number of piperidine rings is 1. The number of carbonyl (C=O) groups is 4. The third-order valence-corrected chi connectivity index (χ3v) is 8.49. The normalized spacial score (nSPS) is 14.4. The first-order valence-corrected chi connectivity index (χ1v) is 17.4. The monoisotopic (exact) mass is 692 g/mol. The fraction of sp³-hybridized carbons (Fsp3) is 0.526. The Bertz CT molecular complexity index is 1380. The molecule has 1 fully saturated rings. The molecule has 2 aliphatic heterocycles. The van der Waals surface area contributed by atoms with Crippen molar-refractivity contribution >= 4 is 30.8 Å². The maximum absolute atomic E-state index is 12.8. The molecule has 4 rings (SSSR count). The lowest BCUT2D eigenvalue weighted by Crippen LogP contribution is -2.42. The highest BCUT2D eigenvalue weighted by molar-refractivity contribution is 5.99. The van der Waals surface area contributed by atoms with Crippen LogP contribution < -0.4 is 26.4 Å². The van der Waals surface area contributed by atoms with Crippen LogP contribution in [0.2, 0.25) is 0 Å². The Kier molecular flexibility index (Phi) is 20.6. The zero-order valence-corrected chi connectivity index (χ0v) is 30.2. The van der Waals surface area contributed by atoms with Crippen LogP contribution in [0.15, 0.2) is 36.4 Å². The zero-order valence-electron chi connectivity index (χ0n) is 30.2. The molecule has 0 aromatic heterocycles. The Balaban J connectivity index is 0.000000477. The highest BCUT2D eigenvalue weighted by Gasteiger charge is 2.31. The first-order valence-electron chi connectivity index (χ1n) is 17.4. The van der Waals surface area contributed by atoms with Crippen molar-refractivity contribution in [1.29, 1.82) is 0 Å². The van der Waals surface area contributed by atoms with Crippen molar-refractivity contribution in [3.8, 4) is 17.6 Å². The third-order valence-electron chi connectivity index (χ3n) is 8.49. The Labute approximate surface area is 297 Å². The van der Waals surface area contributed by atoms with Gasteiger partial charge in [0, 0.05) is 75.5 Å². The largest absolute Gasteiger partial charge is 0.495 e. The van der Waals surface area contributed by atoms with E-state index in [0.717, 1.165) is 112 Å². The summed E-state index contributed by atoms with van der Waals surface area (Å²) in [6.07, 6.45) is 7.41. The van der Waals surface area contributed by atoms with E-state index in [1.54, 1.807) is 12.4 Å². The van der Waals surface area contributed by atoms with Gasteiger partial charge >= 0.3 is 0 Å². The summed E-state index contributed by atoms with van der Waals surface area (Å²) in [4.78, 5) is 45.8. The molecule has 2 heterocycles. The maximum atomic E-state index is 12.8. The second-order valence-electron chi connectivity index (χ2n) is 12.2. The lowest BCUT2D eigenvalue weighted by atomic mass is 10.0. The molecule has 1 atom stereocenters. The van der Waals surface area contributed by atoms with E-state index in [1.165, 1.54) is 0 Å². The molecule has 0 radical (unpaired) electrons. The van der Waals surface area contributed by atoms with E-state index in [-0.39, 0.29) is 11.9 Å². The predicted octanol–water partition coefficient (Wildman–Crippen LogP) is 3.25. The SMILES string of the molecule is CCCC(C)N1Cc2c(C#CCCNCCOCCCN3CCC(NC=O)CC3)cccc2C1=O.COc1cc(C)ccc1N.O=CNC=O. The Morgan fingerprint density at radius 3 is 2.46 bits per heavy atom. The van der Waals surface area contributed by atoms with Gasteiger partial charge in [-0.15, -0.1) is 0 Å². The molecule has 50 heavy (non-hydrogen) atoms. The van der Waals surface area contributed by atoms with Crippen LogP contribution in [-0.2, 0) is 25.7 Å². The van der Waals surface area contributed by atoms with Gasteiger partial charge in [-0.05, 0) is 74.9 Å². The second kappa shape index (κ2) is 24.7. The number of carbonyl (C=O) groups excluding carboxylic acids is 4. The van der Waals surface area contributed by atoms with Crippen molar-refractivity contribution in [2.75, 3.05) is 58.8 Å². The number of nitrogen functional groups attached to an aromatic ring is 1. The Morgan fingerprint density at radius 1 is 1.06 bits per heavy atom. The van der Waals surface area contributed by atoms with Crippen LogP contribution in [0.25, 0.3) is 0 Å². The summed E-state index contributed by atoms with van der Waals surface area (Å²) in [6.45, 7) is 13.3. The smallest absolute Gasteiger partial charge is 0.254 e. The quantitative estimate of drug-likeness (QED) is 0.0847. The number of aryl methyl sites for hydroxylation is 1. The fourth-order valence-electron chi connectivity index (χ4n) is 5.74. The molecule has 4 amide bonds. The molecule has 0 spiro atoms. The molecule has 2 aromatic rings. The summed E-state index contributed by atoms with van der Waals surface area (Å²) in [7, 11) is 1.62. The van der Waals surface area contributed by atoms with Crippen LogP contribution in [0.3, 0.4) is 0 Å². The van der Waals surface area contributed by atoms with Gasteiger partial charge in [0.2, 0.25) is 19.2 Å². The summed E-state index contributed by atoms with van der Waals surface area (Å²) >= 11 is 0. The van der Waals surface area contributed by atoms with Gasteiger partial charge in [-0.3, -0.25) is 19.2 Å². The molecule has 0 bridgehead atoms. The van der Waals surface area contributed by atoms with Crippen molar-refractivity contribution in [2.45, 2.75) is 77.9 Å². The molecular weight excluding hydrogens is 636 g/mol. The maximum Gasteiger partial charge on any atom is 0.254 e. The number of benzene rings is 2. The molecule has 1 unspecified atom stereocenters. The molecule has 2 aliphatic rings. The van der Waals surface area contributed by atoms with Gasteiger partial charge in [-0.1, -0.05) is 37.3 Å². The predicted molar refractivity (Wildman–Crippen MR) is 197 cm³/mol. The lowest BCUT2D eigenvalue weighted by molar-refractivity contribution is -0.117. The Hall–Kier alpha value is -4.44. The van der Waals surface area contributed by atoms with Crippen LogP contribution in [0, 0.1) is 18.8 Å². The number of methoxy groups -OCH3 is 1. The van der Waals surface area contributed by atoms with Gasteiger partial charge in [0.1, 0.15) is 5.75 Å². The number of nitrogens with two attached hydrogens (primary N) is 1. The van der Waals surface area contributed by atoms with E-state index in [1.807, 2.05) is 48.2 Å². The number of ether oxygens (including phenoxy) is 2. The average Bonchev–Trinajstić information content (AvgIpc) is 3.47. The highest BCUT2D eigenvalue weighted by Crippen LogP contribution is 2.28. The number of hydrogen-bond donors (Lipinski definition) is 4. The van der Waals surface area contributed by atoms with Crippen LogP contribution in [-0.4, -0.2) is 100 Å². The van der Waals surface area contributed by atoms with Crippen molar-refractivity contribution in [2.24, 2.45) is 0 Å². The Morgan fingerprint density at radius 2 is 1.82 bits per heavy atom. The van der Waals surface area contributed by atoms with E-state index in [2.05, 4.69) is 41.2 Å². The van der Waals surface area contributed by atoms with Crippen LogP contribution in [0.1, 0.15) is 79.4 Å². The molecule has 0 saturated carbocycles. The molecule has 0 aliphatic carbocycles. The molecule has 2 aromatic carbocycles. The van der Waals surface area contributed by atoms with E-state index >= 15 is 0 Å². The molecule has 12 heteroatoms. The van der Waals surface area contributed by atoms with Gasteiger partial charge in [0.15, 0.2) is 0 Å². The molecular formula is C38H56N6O6. The summed E-state index contributed by atoms with van der Waals surface area (Å²) in [6, 6.07) is 12.2. The first-order chi connectivity index (χ1) is 24.3. The molecule has 5 N–H and O–H groups in total. The minimum Gasteiger partial charge on any atom is -0.495 e. The molecule has 274 valence electrons. The molecule has 1 saturated heterocycles. The number of nitrogens with one attached hydrogen (secondary N) is 3. The number of anilines is 1. The number of rotatable bonds is 17. The van der Waals surface area contributed by atoms with Gasteiger partial charge in [-0.25, -0.2) is 0 Å². The van der Waals surface area contributed by atoms with Crippen molar-refractivity contribution < 1.29 is 28.7 Å². The number of likely N-dealkylation sites (tertiary alicyclic amines) is 1. The van der Waals surface area contributed by atoms with Gasteiger partial charge in [0.25, 0.3) is 5.91 Å². The number of imide groups is 1. The fourth-order valence-corrected chi connectivity index (χ4v) is 5.74. The van der Waals surface area contributed by atoms with E-state index in [4.69, 9.17) is 24.8 Å². The third kappa shape index (κ3) is 15.0. The lowest BCUT2D eigenvalue weighted by Gasteiger charge is -2.31. The topological polar surface area (TPSA) is 155 Å². The first kappa shape index (κ1) is 41.7. The van der Waals surface area contributed by atoms with E-state index < -0.39 is 0 Å². The number of amides is 4. The zero-order chi connectivity index (χ0) is 36.6. The van der Waals surface area contributed by atoms with Gasteiger partial charge in [0.05, 0.1) is 19.4 Å². The van der Waals surface area contributed by atoms with Crippen molar-refractivity contribution in [1.82, 2.24) is 25.8 Å².